The minimum atomic E-state index is -0.693. The van der Waals surface area contributed by atoms with Crippen LogP contribution in [-0.4, -0.2) is 40.0 Å². The number of primary amides is 1. The van der Waals surface area contributed by atoms with Gasteiger partial charge in [0.15, 0.2) is 5.78 Å². The molecule has 2 heterocycles. The van der Waals surface area contributed by atoms with Gasteiger partial charge in [0.1, 0.15) is 11.9 Å². The van der Waals surface area contributed by atoms with Crippen LogP contribution in [-0.2, 0) is 11.2 Å². The van der Waals surface area contributed by atoms with Crippen molar-refractivity contribution in [3.8, 4) is 0 Å². The lowest BCUT2D eigenvalue weighted by Gasteiger charge is -2.23. The molecule has 0 saturated carbocycles. The fourth-order valence-corrected chi connectivity index (χ4v) is 4.08. The van der Waals surface area contributed by atoms with E-state index in [0.29, 0.717) is 35.1 Å². The normalized spacial score (nSPS) is 15.8. The number of nitrogens with one attached hydrogen (secondary N) is 2. The quantitative estimate of drug-likeness (QED) is 0.543. The number of hydrogen-bond donors (Lipinski definition) is 3. The van der Waals surface area contributed by atoms with E-state index in [1.54, 1.807) is 36.4 Å². The van der Waals surface area contributed by atoms with E-state index in [2.05, 4.69) is 10.7 Å². The minimum Gasteiger partial charge on any atom is -0.351 e. The number of nitrogens with zero attached hydrogens (tertiary/aromatic N) is 2. The molecule has 1 saturated heterocycles. The van der Waals surface area contributed by atoms with Crippen LogP contribution in [0.4, 0.5) is 19.7 Å². The number of nitrogens with two attached hydrogens (primary N) is 1. The molecule has 3 aromatic rings. The van der Waals surface area contributed by atoms with Crippen molar-refractivity contribution in [2.45, 2.75) is 25.3 Å². The first kappa shape index (κ1) is 21.8. The molecule has 0 bridgehead atoms. The van der Waals surface area contributed by atoms with Crippen molar-refractivity contribution in [1.29, 1.82) is 0 Å². The number of urea groups is 1. The van der Waals surface area contributed by atoms with Crippen molar-refractivity contribution >= 4 is 46.0 Å². The van der Waals surface area contributed by atoms with Crippen LogP contribution in [0.1, 0.15) is 18.4 Å². The van der Waals surface area contributed by atoms with Crippen LogP contribution in [0.3, 0.4) is 0 Å². The van der Waals surface area contributed by atoms with Crippen LogP contribution >= 0.6 is 11.6 Å². The summed E-state index contributed by atoms with van der Waals surface area (Å²) < 4.78 is 15.3. The van der Waals surface area contributed by atoms with Crippen LogP contribution in [0.5, 0.6) is 0 Å². The van der Waals surface area contributed by atoms with Gasteiger partial charge in [-0.25, -0.2) is 24.4 Å². The molecule has 1 aliphatic rings. The van der Waals surface area contributed by atoms with Gasteiger partial charge in [0.25, 0.3) is 0 Å². The first-order chi connectivity index (χ1) is 15.4. The van der Waals surface area contributed by atoms with Gasteiger partial charge < -0.3 is 11.1 Å². The summed E-state index contributed by atoms with van der Waals surface area (Å²) in [5.74, 6) is -0.726. The molecule has 1 aromatic heterocycles. The Morgan fingerprint density at radius 3 is 2.75 bits per heavy atom. The van der Waals surface area contributed by atoms with Gasteiger partial charge in [0, 0.05) is 24.5 Å². The number of ketones is 1. The third-order valence-corrected chi connectivity index (χ3v) is 5.76. The third kappa shape index (κ3) is 4.17. The zero-order valence-electron chi connectivity index (χ0n) is 17.0. The Morgan fingerprint density at radius 1 is 1.19 bits per heavy atom. The van der Waals surface area contributed by atoms with E-state index in [9.17, 15) is 18.8 Å². The molecular formula is C22H21ClFN5O3. The van der Waals surface area contributed by atoms with Crippen LogP contribution in [0.15, 0.2) is 48.7 Å². The summed E-state index contributed by atoms with van der Waals surface area (Å²) in [6.07, 6.45) is 2.13. The van der Waals surface area contributed by atoms with E-state index < -0.39 is 23.9 Å². The molecule has 10 heteroatoms. The van der Waals surface area contributed by atoms with Crippen LogP contribution in [0, 0.1) is 5.82 Å². The van der Waals surface area contributed by atoms with E-state index in [1.165, 1.54) is 21.8 Å². The number of carbonyl (C=O) groups excluding carboxylic acids is 3. The molecule has 1 aliphatic heterocycles. The Hall–Kier alpha value is -3.43. The maximum Gasteiger partial charge on any atom is 0.336 e. The molecule has 166 valence electrons. The van der Waals surface area contributed by atoms with Gasteiger partial charge >= 0.3 is 12.1 Å². The molecule has 32 heavy (non-hydrogen) atoms. The van der Waals surface area contributed by atoms with E-state index in [1.807, 2.05) is 0 Å². The standard InChI is InChI=1S/C22H21ClFN5O3/c23-15-6-3-4-13(20(15)24)8-9-19(30)18-10-11-26-29(18)22(32)27-16-12-28(21(25)31)17-7-2-1-5-14(16)17/h1-7,12,18,26H,8-11H2,(H2,25,31)(H,27,32)/t18-/m1/s1. The van der Waals surface area contributed by atoms with E-state index in [0.717, 1.165) is 0 Å². The minimum absolute atomic E-state index is 0.00797. The number of rotatable bonds is 5. The van der Waals surface area contributed by atoms with Gasteiger partial charge in [-0.2, -0.15) is 0 Å². The number of amides is 3. The first-order valence-electron chi connectivity index (χ1n) is 10.1. The number of aromatic nitrogens is 1. The van der Waals surface area contributed by atoms with Crippen LogP contribution < -0.4 is 16.5 Å². The molecule has 0 unspecified atom stereocenters. The highest BCUT2D eigenvalue weighted by molar-refractivity contribution is 6.30. The van der Waals surface area contributed by atoms with Crippen molar-refractivity contribution in [3.05, 3.63) is 65.1 Å². The smallest absolute Gasteiger partial charge is 0.336 e. The molecule has 8 nitrogen and oxygen atoms in total. The monoisotopic (exact) mass is 457 g/mol. The fraction of sp³-hybridized carbons (Fsp3) is 0.227. The van der Waals surface area contributed by atoms with Gasteiger partial charge in [0.2, 0.25) is 0 Å². The molecule has 4 N–H and O–H groups in total. The van der Waals surface area contributed by atoms with Gasteiger partial charge in [-0.3, -0.25) is 9.36 Å². The maximum absolute atomic E-state index is 14.1. The molecule has 0 spiro atoms. The van der Waals surface area contributed by atoms with Crippen molar-refractivity contribution in [3.63, 3.8) is 0 Å². The number of anilines is 1. The molecule has 1 fully saturated rings. The van der Waals surface area contributed by atoms with Gasteiger partial charge in [-0.1, -0.05) is 41.9 Å². The Kier molecular flexibility index (Phi) is 6.11. The Balaban J connectivity index is 1.47. The molecular weight excluding hydrogens is 437 g/mol. The summed E-state index contributed by atoms with van der Waals surface area (Å²) in [5, 5.41) is 4.63. The summed E-state index contributed by atoms with van der Waals surface area (Å²) in [4.78, 5) is 37.4. The molecule has 2 aromatic carbocycles. The number of hydrogen-bond acceptors (Lipinski definition) is 4. The highest BCUT2D eigenvalue weighted by atomic mass is 35.5. The maximum atomic E-state index is 14.1. The number of Topliss-reactive ketones (excluding diaryl/α,β-unsaturated/α-hetero) is 1. The lowest BCUT2D eigenvalue weighted by Crippen LogP contribution is -2.48. The van der Waals surface area contributed by atoms with Crippen molar-refractivity contribution in [2.24, 2.45) is 5.73 Å². The predicted molar refractivity (Wildman–Crippen MR) is 119 cm³/mol. The predicted octanol–water partition coefficient (Wildman–Crippen LogP) is 3.67. The van der Waals surface area contributed by atoms with Crippen molar-refractivity contribution in [2.75, 3.05) is 11.9 Å². The largest absolute Gasteiger partial charge is 0.351 e. The second kappa shape index (κ2) is 8.97. The third-order valence-electron chi connectivity index (χ3n) is 5.47. The average Bonchev–Trinajstić information content (AvgIpc) is 3.40. The lowest BCUT2D eigenvalue weighted by atomic mass is 10.0. The number of para-hydroxylation sites is 1. The van der Waals surface area contributed by atoms with Gasteiger partial charge in [-0.15, -0.1) is 0 Å². The second-order valence-electron chi connectivity index (χ2n) is 7.46. The Labute approximate surface area is 188 Å². The van der Waals surface area contributed by atoms with E-state index >= 15 is 0 Å². The Morgan fingerprint density at radius 2 is 1.97 bits per heavy atom. The summed E-state index contributed by atoms with van der Waals surface area (Å²) in [6, 6.07) is 9.75. The van der Waals surface area contributed by atoms with E-state index in [4.69, 9.17) is 17.3 Å². The lowest BCUT2D eigenvalue weighted by molar-refractivity contribution is -0.122. The van der Waals surface area contributed by atoms with E-state index in [-0.39, 0.29) is 23.6 Å². The fourth-order valence-electron chi connectivity index (χ4n) is 3.88. The van der Waals surface area contributed by atoms with Gasteiger partial charge in [-0.05, 0) is 30.5 Å². The van der Waals surface area contributed by atoms with Crippen LogP contribution in [0.2, 0.25) is 5.02 Å². The van der Waals surface area contributed by atoms with Crippen molar-refractivity contribution < 1.29 is 18.8 Å². The van der Waals surface area contributed by atoms with Crippen molar-refractivity contribution in [1.82, 2.24) is 15.0 Å². The van der Waals surface area contributed by atoms with Gasteiger partial charge in [0.05, 0.1) is 16.2 Å². The summed E-state index contributed by atoms with van der Waals surface area (Å²) in [7, 11) is 0. The summed E-state index contributed by atoms with van der Waals surface area (Å²) in [6.45, 7) is 0.443. The zero-order valence-corrected chi connectivity index (χ0v) is 17.7. The number of hydrazine groups is 1. The highest BCUT2D eigenvalue weighted by Crippen LogP contribution is 2.27. The number of fused-ring (bicyclic) bond motifs is 1. The molecule has 0 radical (unpaired) electrons. The molecule has 1 atom stereocenters. The first-order valence-corrected chi connectivity index (χ1v) is 10.4. The summed E-state index contributed by atoms with van der Waals surface area (Å²) in [5.41, 5.74) is 9.63. The highest BCUT2D eigenvalue weighted by Gasteiger charge is 2.34. The Bertz CT molecular complexity index is 1210. The van der Waals surface area contributed by atoms with Crippen LogP contribution in [0.25, 0.3) is 10.9 Å². The topological polar surface area (TPSA) is 109 Å². The number of benzene rings is 2. The average molecular weight is 458 g/mol. The molecule has 0 aliphatic carbocycles. The number of carbonyl (C=O) groups is 3. The number of halogens is 2. The second-order valence-corrected chi connectivity index (χ2v) is 7.87. The summed E-state index contributed by atoms with van der Waals surface area (Å²) >= 11 is 5.80. The molecule has 4 rings (SSSR count). The SMILES string of the molecule is NC(=O)n1cc(NC(=O)N2NCC[C@@H]2C(=O)CCc2cccc(Cl)c2F)c2ccccc21. The molecule has 3 amide bonds. The zero-order chi connectivity index (χ0) is 22.8. The number of aryl methyl sites for hydroxylation is 1.